The van der Waals surface area contributed by atoms with Gasteiger partial charge in [0.15, 0.2) is 0 Å². The molecule has 0 aliphatic rings. The largest absolute Gasteiger partial charge is 0.495 e. The van der Waals surface area contributed by atoms with Crippen molar-refractivity contribution in [1.82, 2.24) is 0 Å². The normalized spacial score (nSPS) is 11.0. The number of methoxy groups -OCH3 is 1. The average Bonchev–Trinajstić information content (AvgIpc) is 2.80. The number of benzene rings is 3. The molecule has 0 fully saturated rings. The van der Waals surface area contributed by atoms with Gasteiger partial charge >= 0.3 is 0 Å². The van der Waals surface area contributed by atoms with Gasteiger partial charge in [-0.05, 0) is 48.9 Å². The van der Waals surface area contributed by atoms with Crippen LogP contribution < -0.4 is 19.7 Å². The van der Waals surface area contributed by atoms with Gasteiger partial charge < -0.3 is 15.4 Å². The minimum absolute atomic E-state index is 0.0666. The fraction of sp³-hybridized carbons (Fsp3) is 0.174. The summed E-state index contributed by atoms with van der Waals surface area (Å²) < 4.78 is 32.5. The summed E-state index contributed by atoms with van der Waals surface area (Å²) in [6.45, 7) is 1.76. The minimum atomic E-state index is -3.76. The van der Waals surface area contributed by atoms with Crippen LogP contribution in [0.5, 0.6) is 5.75 Å². The van der Waals surface area contributed by atoms with E-state index in [4.69, 9.17) is 16.3 Å². The molecular weight excluding hydrogens is 450 g/mol. The number of carbonyl (C=O) groups is 1. The van der Waals surface area contributed by atoms with Gasteiger partial charge in [-0.15, -0.1) is 0 Å². The van der Waals surface area contributed by atoms with Crippen LogP contribution in [-0.2, 0) is 14.8 Å². The Hall–Kier alpha value is -3.23. The zero-order chi connectivity index (χ0) is 23.3. The Morgan fingerprint density at radius 3 is 2.47 bits per heavy atom. The molecule has 0 unspecified atom stereocenters. The molecular formula is C23H24ClN3O4S. The first-order valence-electron chi connectivity index (χ1n) is 9.74. The lowest BCUT2D eigenvalue weighted by molar-refractivity contribution is -0.114. The van der Waals surface area contributed by atoms with Gasteiger partial charge in [0.1, 0.15) is 5.75 Å². The highest BCUT2D eigenvalue weighted by Gasteiger charge is 2.21. The number of rotatable bonds is 8. The first kappa shape index (κ1) is 23.4. The van der Waals surface area contributed by atoms with E-state index in [0.29, 0.717) is 27.8 Å². The summed E-state index contributed by atoms with van der Waals surface area (Å²) in [5, 5.41) is 6.27. The second-order valence-corrected chi connectivity index (χ2v) is 9.42. The van der Waals surface area contributed by atoms with E-state index in [9.17, 15) is 13.2 Å². The molecule has 1 amide bonds. The van der Waals surface area contributed by atoms with Gasteiger partial charge in [0.25, 0.3) is 10.0 Å². The third kappa shape index (κ3) is 5.33. The maximum Gasteiger partial charge on any atom is 0.264 e. The summed E-state index contributed by atoms with van der Waals surface area (Å²) in [7, 11) is -0.763. The Labute approximate surface area is 193 Å². The number of hydrogen-bond donors (Lipinski definition) is 2. The fourth-order valence-electron chi connectivity index (χ4n) is 3.01. The van der Waals surface area contributed by atoms with Crippen LogP contribution in [0.3, 0.4) is 0 Å². The van der Waals surface area contributed by atoms with Gasteiger partial charge in [-0.2, -0.15) is 0 Å². The van der Waals surface area contributed by atoms with E-state index in [0.717, 1.165) is 5.56 Å². The van der Waals surface area contributed by atoms with Crippen LogP contribution >= 0.6 is 11.6 Å². The number of hydrogen-bond acceptors (Lipinski definition) is 5. The van der Waals surface area contributed by atoms with Crippen molar-refractivity contribution in [3.63, 3.8) is 0 Å². The highest BCUT2D eigenvalue weighted by molar-refractivity contribution is 7.92. The predicted octanol–water partition coefficient (Wildman–Crippen LogP) is 4.53. The molecule has 0 saturated heterocycles. The molecule has 32 heavy (non-hydrogen) atoms. The maximum absolute atomic E-state index is 13.0. The highest BCUT2D eigenvalue weighted by atomic mass is 35.5. The highest BCUT2D eigenvalue weighted by Crippen LogP contribution is 2.31. The monoisotopic (exact) mass is 473 g/mol. The second-order valence-electron chi connectivity index (χ2n) is 7.04. The van der Waals surface area contributed by atoms with E-state index in [1.165, 1.54) is 30.6 Å². The van der Waals surface area contributed by atoms with E-state index in [2.05, 4.69) is 10.6 Å². The number of carbonyl (C=O) groups excluding carboxylic acids is 1. The number of para-hydroxylation sites is 1. The number of nitrogens with zero attached hydrogens (tertiary/aromatic N) is 1. The SMILES string of the molecule is COc1cc(Cl)c(C)cc1NC(=O)CNc1cccc(S(=O)(=O)N(C)c2ccccc2)c1. The molecule has 0 spiro atoms. The van der Waals surface area contributed by atoms with Crippen LogP contribution in [0.25, 0.3) is 0 Å². The Kier molecular flexibility index (Phi) is 7.27. The lowest BCUT2D eigenvalue weighted by Gasteiger charge is -2.20. The van der Waals surface area contributed by atoms with Crippen LogP contribution in [0.2, 0.25) is 5.02 Å². The number of nitrogens with one attached hydrogen (secondary N) is 2. The van der Waals surface area contributed by atoms with E-state index in [-0.39, 0.29) is 17.3 Å². The van der Waals surface area contributed by atoms with Crippen molar-refractivity contribution < 1.29 is 17.9 Å². The lowest BCUT2D eigenvalue weighted by Crippen LogP contribution is -2.26. The molecule has 0 saturated carbocycles. The standard InChI is InChI=1S/C23H24ClN3O4S/c1-16-12-21(22(31-3)14-20(16)24)26-23(28)15-25-17-8-7-11-19(13-17)32(29,30)27(2)18-9-5-4-6-10-18/h4-14,25H,15H2,1-3H3,(H,26,28). The molecule has 0 aliphatic carbocycles. The summed E-state index contributed by atoms with van der Waals surface area (Å²) in [6.07, 6.45) is 0. The number of sulfonamides is 1. The van der Waals surface area contributed by atoms with Gasteiger partial charge in [0.05, 0.1) is 29.9 Å². The summed E-state index contributed by atoms with van der Waals surface area (Å²) in [6, 6.07) is 18.5. The number of aryl methyl sites for hydroxylation is 1. The second kappa shape index (κ2) is 9.93. The van der Waals surface area contributed by atoms with Gasteiger partial charge in [0, 0.05) is 23.8 Å². The average molecular weight is 474 g/mol. The van der Waals surface area contributed by atoms with Crippen molar-refractivity contribution in [3.8, 4) is 5.75 Å². The Balaban J connectivity index is 1.70. The molecule has 0 bridgehead atoms. The summed E-state index contributed by atoms with van der Waals surface area (Å²) >= 11 is 6.10. The first-order valence-corrected chi connectivity index (χ1v) is 11.6. The van der Waals surface area contributed by atoms with Crippen LogP contribution in [0.4, 0.5) is 17.1 Å². The topological polar surface area (TPSA) is 87.7 Å². The number of halogens is 1. The van der Waals surface area contributed by atoms with Gasteiger partial charge in [-0.3, -0.25) is 9.10 Å². The van der Waals surface area contributed by atoms with Gasteiger partial charge in [-0.25, -0.2) is 8.42 Å². The molecule has 9 heteroatoms. The van der Waals surface area contributed by atoms with E-state index >= 15 is 0 Å². The summed E-state index contributed by atoms with van der Waals surface area (Å²) in [5.41, 5.74) is 2.36. The quantitative estimate of drug-likeness (QED) is 0.501. The van der Waals surface area contributed by atoms with Crippen LogP contribution in [0.15, 0.2) is 71.6 Å². The first-order chi connectivity index (χ1) is 15.2. The van der Waals surface area contributed by atoms with Gasteiger partial charge in [0.2, 0.25) is 5.91 Å². The summed E-state index contributed by atoms with van der Waals surface area (Å²) in [4.78, 5) is 12.6. The molecule has 3 aromatic carbocycles. The minimum Gasteiger partial charge on any atom is -0.495 e. The molecule has 0 aliphatic heterocycles. The van der Waals surface area contributed by atoms with E-state index in [1.807, 2.05) is 13.0 Å². The molecule has 3 rings (SSSR count). The smallest absolute Gasteiger partial charge is 0.264 e. The Morgan fingerprint density at radius 1 is 1.06 bits per heavy atom. The molecule has 0 radical (unpaired) electrons. The maximum atomic E-state index is 13.0. The zero-order valence-corrected chi connectivity index (χ0v) is 19.5. The molecule has 0 heterocycles. The van der Waals surface area contributed by atoms with E-state index in [1.54, 1.807) is 48.5 Å². The van der Waals surface area contributed by atoms with Gasteiger partial charge in [-0.1, -0.05) is 35.9 Å². The van der Waals surface area contributed by atoms with Crippen molar-refractivity contribution in [2.45, 2.75) is 11.8 Å². The van der Waals surface area contributed by atoms with Crippen molar-refractivity contribution >= 4 is 44.6 Å². The van der Waals surface area contributed by atoms with Crippen LogP contribution in [0.1, 0.15) is 5.56 Å². The van der Waals surface area contributed by atoms with Crippen molar-refractivity contribution in [1.29, 1.82) is 0 Å². The third-order valence-corrected chi connectivity index (χ3v) is 7.01. The number of ether oxygens (including phenoxy) is 1. The third-order valence-electron chi connectivity index (χ3n) is 4.82. The van der Waals surface area contributed by atoms with Crippen LogP contribution in [-0.4, -0.2) is 35.0 Å². The molecule has 3 aromatic rings. The molecule has 7 nitrogen and oxygen atoms in total. The number of anilines is 3. The lowest BCUT2D eigenvalue weighted by atomic mass is 10.2. The fourth-order valence-corrected chi connectivity index (χ4v) is 4.40. The van der Waals surface area contributed by atoms with Crippen molar-refractivity contribution in [3.05, 3.63) is 77.3 Å². The number of amides is 1. The molecule has 0 atom stereocenters. The van der Waals surface area contributed by atoms with E-state index < -0.39 is 10.0 Å². The predicted molar refractivity (Wildman–Crippen MR) is 128 cm³/mol. The Morgan fingerprint density at radius 2 is 1.78 bits per heavy atom. The van der Waals surface area contributed by atoms with Crippen LogP contribution in [0, 0.1) is 6.92 Å². The zero-order valence-electron chi connectivity index (χ0n) is 17.9. The molecule has 0 aromatic heterocycles. The van der Waals surface area contributed by atoms with Crippen molar-refractivity contribution in [2.24, 2.45) is 0 Å². The molecule has 2 N–H and O–H groups in total. The molecule has 168 valence electrons. The summed E-state index contributed by atoms with van der Waals surface area (Å²) in [5.74, 6) is 0.130. The van der Waals surface area contributed by atoms with Crippen molar-refractivity contribution in [2.75, 3.05) is 35.6 Å². The Bertz CT molecular complexity index is 1220.